The standard InChI is InChI=1S/C9H9F3N2O2/c10-9(11,12)4-14-6-3-1-2-5(6)7(13-14)8(15)16/h1-4H2,(H,15,16). The van der Waals surface area contributed by atoms with Crippen molar-refractivity contribution in [2.24, 2.45) is 0 Å². The highest BCUT2D eigenvalue weighted by Gasteiger charge is 2.33. The average Bonchev–Trinajstić information content (AvgIpc) is 2.65. The summed E-state index contributed by atoms with van der Waals surface area (Å²) in [6, 6.07) is 0. The molecule has 1 aliphatic carbocycles. The van der Waals surface area contributed by atoms with Crippen LogP contribution >= 0.6 is 0 Å². The number of rotatable bonds is 2. The lowest BCUT2D eigenvalue weighted by molar-refractivity contribution is -0.143. The van der Waals surface area contributed by atoms with Crippen molar-refractivity contribution in [3.8, 4) is 0 Å². The van der Waals surface area contributed by atoms with Crippen LogP contribution in [0.25, 0.3) is 0 Å². The van der Waals surface area contributed by atoms with Crippen molar-refractivity contribution in [2.75, 3.05) is 0 Å². The Balaban J connectivity index is 2.40. The second-order valence-electron chi connectivity index (χ2n) is 3.71. The van der Waals surface area contributed by atoms with Crippen LogP contribution in [0, 0.1) is 0 Å². The van der Waals surface area contributed by atoms with Crippen molar-refractivity contribution in [2.45, 2.75) is 32.0 Å². The maximum Gasteiger partial charge on any atom is 0.408 e. The molecule has 0 aromatic carbocycles. The Morgan fingerprint density at radius 3 is 2.69 bits per heavy atom. The molecule has 0 amide bonds. The van der Waals surface area contributed by atoms with E-state index in [0.717, 1.165) is 4.68 Å². The van der Waals surface area contributed by atoms with Gasteiger partial charge in [0.15, 0.2) is 5.69 Å². The summed E-state index contributed by atoms with van der Waals surface area (Å²) in [7, 11) is 0. The summed E-state index contributed by atoms with van der Waals surface area (Å²) in [5.74, 6) is -1.26. The van der Waals surface area contributed by atoms with Crippen LogP contribution in [0.2, 0.25) is 0 Å². The number of halogens is 3. The number of fused-ring (bicyclic) bond motifs is 1. The Morgan fingerprint density at radius 1 is 1.44 bits per heavy atom. The minimum Gasteiger partial charge on any atom is -0.476 e. The third-order valence-electron chi connectivity index (χ3n) is 2.54. The SMILES string of the molecule is O=C(O)c1nn(CC(F)(F)F)c2c1CCC2. The summed E-state index contributed by atoms with van der Waals surface area (Å²) in [5, 5.41) is 12.3. The molecule has 4 nitrogen and oxygen atoms in total. The minimum absolute atomic E-state index is 0.239. The van der Waals surface area contributed by atoms with Crippen molar-refractivity contribution in [1.82, 2.24) is 9.78 Å². The van der Waals surface area contributed by atoms with E-state index in [4.69, 9.17) is 5.11 Å². The molecule has 0 saturated carbocycles. The Hall–Kier alpha value is -1.53. The van der Waals surface area contributed by atoms with Crippen LogP contribution in [0.15, 0.2) is 0 Å². The van der Waals surface area contributed by atoms with Gasteiger partial charge in [-0.1, -0.05) is 0 Å². The number of nitrogens with zero attached hydrogens (tertiary/aromatic N) is 2. The number of carboxylic acid groups (broad SMARTS) is 1. The van der Waals surface area contributed by atoms with Gasteiger partial charge in [-0.25, -0.2) is 4.79 Å². The van der Waals surface area contributed by atoms with Crippen molar-refractivity contribution < 1.29 is 23.1 Å². The van der Waals surface area contributed by atoms with Crippen LogP contribution in [0.1, 0.15) is 28.2 Å². The molecule has 1 N–H and O–H groups in total. The van der Waals surface area contributed by atoms with Crippen LogP contribution in [0.4, 0.5) is 13.2 Å². The number of aromatic nitrogens is 2. The van der Waals surface area contributed by atoms with Gasteiger partial charge >= 0.3 is 12.1 Å². The zero-order valence-electron chi connectivity index (χ0n) is 8.21. The van der Waals surface area contributed by atoms with Gasteiger partial charge in [0, 0.05) is 11.3 Å². The summed E-state index contributed by atoms with van der Waals surface area (Å²) in [6.07, 6.45) is -2.73. The lowest BCUT2D eigenvalue weighted by atomic mass is 10.2. The lowest BCUT2D eigenvalue weighted by Crippen LogP contribution is -2.20. The van der Waals surface area contributed by atoms with E-state index < -0.39 is 18.7 Å². The number of carbonyl (C=O) groups is 1. The molecule has 1 aromatic rings. The number of hydrogen-bond acceptors (Lipinski definition) is 2. The topological polar surface area (TPSA) is 55.1 Å². The Morgan fingerprint density at radius 2 is 2.12 bits per heavy atom. The molecule has 0 fully saturated rings. The Bertz CT molecular complexity index is 437. The fourth-order valence-corrected chi connectivity index (χ4v) is 1.98. The van der Waals surface area contributed by atoms with Crippen LogP contribution in [-0.4, -0.2) is 27.0 Å². The molecular formula is C9H9F3N2O2. The molecular weight excluding hydrogens is 225 g/mol. The summed E-state index contributed by atoms with van der Waals surface area (Å²) in [5.41, 5.74) is 0.628. The van der Waals surface area contributed by atoms with E-state index in [1.165, 1.54) is 0 Å². The van der Waals surface area contributed by atoms with E-state index in [2.05, 4.69) is 5.10 Å². The maximum absolute atomic E-state index is 12.2. The van der Waals surface area contributed by atoms with E-state index in [9.17, 15) is 18.0 Å². The molecule has 1 aliphatic rings. The van der Waals surface area contributed by atoms with E-state index in [1.807, 2.05) is 0 Å². The second kappa shape index (κ2) is 3.50. The van der Waals surface area contributed by atoms with Crippen molar-refractivity contribution in [3.05, 3.63) is 17.0 Å². The van der Waals surface area contributed by atoms with E-state index >= 15 is 0 Å². The van der Waals surface area contributed by atoms with Crippen molar-refractivity contribution >= 4 is 5.97 Å². The summed E-state index contributed by atoms with van der Waals surface area (Å²) in [4.78, 5) is 10.8. The first kappa shape index (κ1) is 11.0. The molecule has 0 unspecified atom stereocenters. The van der Waals surface area contributed by atoms with Gasteiger partial charge < -0.3 is 5.11 Å². The predicted octanol–water partition coefficient (Wildman–Crippen LogP) is 1.63. The van der Waals surface area contributed by atoms with Crippen molar-refractivity contribution in [1.29, 1.82) is 0 Å². The van der Waals surface area contributed by atoms with Gasteiger partial charge in [0.25, 0.3) is 0 Å². The molecule has 0 saturated heterocycles. The molecule has 0 atom stereocenters. The number of alkyl halides is 3. The molecule has 0 spiro atoms. The van der Waals surface area contributed by atoms with Gasteiger partial charge in [-0.3, -0.25) is 4.68 Å². The van der Waals surface area contributed by atoms with Gasteiger partial charge in [-0.2, -0.15) is 18.3 Å². The molecule has 0 bridgehead atoms. The highest BCUT2D eigenvalue weighted by atomic mass is 19.4. The van der Waals surface area contributed by atoms with Crippen LogP contribution in [0.3, 0.4) is 0 Å². The second-order valence-corrected chi connectivity index (χ2v) is 3.71. The van der Waals surface area contributed by atoms with E-state index in [-0.39, 0.29) is 5.69 Å². The quantitative estimate of drug-likeness (QED) is 0.846. The summed E-state index contributed by atoms with van der Waals surface area (Å²) >= 11 is 0. The summed E-state index contributed by atoms with van der Waals surface area (Å²) in [6.45, 7) is -1.22. The largest absolute Gasteiger partial charge is 0.476 e. The van der Waals surface area contributed by atoms with Gasteiger partial charge in [-0.15, -0.1) is 0 Å². The molecule has 1 heterocycles. The minimum atomic E-state index is -4.38. The first-order valence-corrected chi connectivity index (χ1v) is 4.77. The first-order chi connectivity index (χ1) is 7.38. The molecule has 16 heavy (non-hydrogen) atoms. The highest BCUT2D eigenvalue weighted by Crippen LogP contribution is 2.28. The van der Waals surface area contributed by atoms with Gasteiger partial charge in [0.1, 0.15) is 6.54 Å². The number of hydrogen-bond donors (Lipinski definition) is 1. The Kier molecular flexibility index (Phi) is 2.40. The average molecular weight is 234 g/mol. The van der Waals surface area contributed by atoms with Crippen LogP contribution < -0.4 is 0 Å². The molecule has 88 valence electrons. The van der Waals surface area contributed by atoms with Crippen LogP contribution in [-0.2, 0) is 19.4 Å². The smallest absolute Gasteiger partial charge is 0.408 e. The third-order valence-corrected chi connectivity index (χ3v) is 2.54. The molecule has 1 aromatic heterocycles. The van der Waals surface area contributed by atoms with Gasteiger partial charge in [-0.05, 0) is 19.3 Å². The predicted molar refractivity (Wildman–Crippen MR) is 47.3 cm³/mol. The maximum atomic E-state index is 12.2. The van der Waals surface area contributed by atoms with Crippen LogP contribution in [0.5, 0.6) is 0 Å². The number of carboxylic acids is 1. The molecule has 0 aliphatic heterocycles. The third kappa shape index (κ3) is 1.89. The fraction of sp³-hybridized carbons (Fsp3) is 0.556. The lowest BCUT2D eigenvalue weighted by Gasteiger charge is -2.08. The van der Waals surface area contributed by atoms with Gasteiger partial charge in [0.05, 0.1) is 0 Å². The molecule has 2 rings (SSSR count). The zero-order chi connectivity index (χ0) is 11.9. The fourth-order valence-electron chi connectivity index (χ4n) is 1.98. The first-order valence-electron chi connectivity index (χ1n) is 4.77. The highest BCUT2D eigenvalue weighted by molar-refractivity contribution is 5.87. The van der Waals surface area contributed by atoms with Crippen molar-refractivity contribution in [3.63, 3.8) is 0 Å². The molecule has 0 radical (unpaired) electrons. The van der Waals surface area contributed by atoms with Gasteiger partial charge in [0.2, 0.25) is 0 Å². The monoisotopic (exact) mass is 234 g/mol. The van der Waals surface area contributed by atoms with E-state index in [0.29, 0.717) is 30.5 Å². The Labute approximate surface area is 88.7 Å². The normalized spacial score (nSPS) is 15.2. The summed E-state index contributed by atoms with van der Waals surface area (Å²) < 4.78 is 37.4. The zero-order valence-corrected chi connectivity index (χ0v) is 8.21. The molecule has 7 heteroatoms. The number of aromatic carboxylic acids is 1. The van der Waals surface area contributed by atoms with E-state index in [1.54, 1.807) is 0 Å².